The van der Waals surface area contributed by atoms with Crippen LogP contribution in [-0.2, 0) is 0 Å². The molecule has 0 aliphatic carbocycles. The number of rotatable bonds is 1. The average Bonchev–Trinajstić information content (AvgIpc) is 2.31. The van der Waals surface area contributed by atoms with Gasteiger partial charge in [-0.2, -0.15) is 9.65 Å². The van der Waals surface area contributed by atoms with Crippen LogP contribution in [0.2, 0.25) is 0 Å². The molecule has 0 atom stereocenters. The third-order valence-electron chi connectivity index (χ3n) is 2.06. The molecule has 0 N–H and O–H groups in total. The van der Waals surface area contributed by atoms with E-state index in [1.165, 1.54) is 29.1 Å². The first-order valence-electron chi connectivity index (χ1n) is 4.46. The van der Waals surface area contributed by atoms with Crippen molar-refractivity contribution in [3.63, 3.8) is 0 Å². The van der Waals surface area contributed by atoms with Crippen LogP contribution in [0, 0.1) is 17.3 Å². The Morgan fingerprint density at radius 2 is 2.19 bits per heavy atom. The molecule has 0 aliphatic heterocycles. The van der Waals surface area contributed by atoms with E-state index in [4.69, 9.17) is 5.26 Å². The zero-order chi connectivity index (χ0) is 11.5. The molecule has 0 aromatic carbocycles. The minimum absolute atomic E-state index is 0.0341. The molecule has 78 valence electrons. The molecular formula is C11H6FN3O. The zero-order valence-corrected chi connectivity index (χ0v) is 8.09. The summed E-state index contributed by atoms with van der Waals surface area (Å²) in [4.78, 5) is 15.1. The van der Waals surface area contributed by atoms with Crippen LogP contribution in [0.15, 0.2) is 41.5 Å². The normalized spacial score (nSPS) is 9.75. The van der Waals surface area contributed by atoms with E-state index < -0.39 is 11.5 Å². The number of pyridine rings is 2. The predicted octanol–water partition coefficient (Wildman–Crippen LogP) is 1.24. The summed E-state index contributed by atoms with van der Waals surface area (Å²) >= 11 is 0. The lowest BCUT2D eigenvalue weighted by Crippen LogP contribution is -2.19. The molecule has 5 heteroatoms. The molecule has 2 rings (SSSR count). The second-order valence-electron chi connectivity index (χ2n) is 3.05. The summed E-state index contributed by atoms with van der Waals surface area (Å²) in [6, 6.07) is 7.36. The highest BCUT2D eigenvalue weighted by Crippen LogP contribution is 2.04. The van der Waals surface area contributed by atoms with Gasteiger partial charge < -0.3 is 0 Å². The first-order valence-corrected chi connectivity index (χ1v) is 4.46. The number of aromatic nitrogens is 2. The Morgan fingerprint density at radius 1 is 1.38 bits per heavy atom. The molecule has 0 fully saturated rings. The van der Waals surface area contributed by atoms with Crippen molar-refractivity contribution >= 4 is 0 Å². The van der Waals surface area contributed by atoms with Gasteiger partial charge in [0.1, 0.15) is 11.6 Å². The molecule has 2 aromatic heterocycles. The summed E-state index contributed by atoms with van der Waals surface area (Å²) < 4.78 is 13.8. The van der Waals surface area contributed by atoms with Gasteiger partial charge in [0.15, 0.2) is 0 Å². The first kappa shape index (κ1) is 10.1. The first-order chi connectivity index (χ1) is 7.72. The van der Waals surface area contributed by atoms with Gasteiger partial charge in [-0.3, -0.25) is 9.36 Å². The Bertz CT molecular complexity index is 610. The summed E-state index contributed by atoms with van der Waals surface area (Å²) in [7, 11) is 0. The standard InChI is InChI=1S/C11H6FN3O/c12-10-4-3-9(7-14-10)15-5-1-2-8(6-13)11(15)16/h1-5,7H. The molecule has 0 saturated heterocycles. The lowest BCUT2D eigenvalue weighted by atomic mass is 10.3. The molecule has 16 heavy (non-hydrogen) atoms. The van der Waals surface area contributed by atoms with Gasteiger partial charge in [0.2, 0.25) is 5.95 Å². The molecule has 0 unspecified atom stereocenters. The van der Waals surface area contributed by atoms with Crippen molar-refractivity contribution in [1.82, 2.24) is 9.55 Å². The predicted molar refractivity (Wildman–Crippen MR) is 54.5 cm³/mol. The third kappa shape index (κ3) is 1.68. The van der Waals surface area contributed by atoms with E-state index in [0.29, 0.717) is 5.69 Å². The van der Waals surface area contributed by atoms with Crippen molar-refractivity contribution in [1.29, 1.82) is 5.26 Å². The Hall–Kier alpha value is -2.48. The summed E-state index contributed by atoms with van der Waals surface area (Å²) in [5.41, 5.74) is 0.00809. The van der Waals surface area contributed by atoms with Crippen molar-refractivity contribution in [3.8, 4) is 11.8 Å². The van der Waals surface area contributed by atoms with E-state index in [-0.39, 0.29) is 5.56 Å². The Kier molecular flexibility index (Phi) is 2.48. The van der Waals surface area contributed by atoms with Crippen LogP contribution in [0.25, 0.3) is 5.69 Å². The maximum atomic E-state index is 12.6. The smallest absolute Gasteiger partial charge is 0.273 e. The van der Waals surface area contributed by atoms with Gasteiger partial charge in [-0.15, -0.1) is 0 Å². The summed E-state index contributed by atoms with van der Waals surface area (Å²) in [6.07, 6.45) is 2.73. The van der Waals surface area contributed by atoms with Gasteiger partial charge in [-0.1, -0.05) is 0 Å². The molecular weight excluding hydrogens is 209 g/mol. The van der Waals surface area contributed by atoms with Crippen LogP contribution < -0.4 is 5.56 Å². The molecule has 4 nitrogen and oxygen atoms in total. The van der Waals surface area contributed by atoms with Crippen LogP contribution in [-0.4, -0.2) is 9.55 Å². The summed E-state index contributed by atoms with van der Waals surface area (Å²) in [5.74, 6) is -0.617. The summed E-state index contributed by atoms with van der Waals surface area (Å²) in [6.45, 7) is 0. The second kappa shape index (κ2) is 3.95. The second-order valence-corrected chi connectivity index (χ2v) is 3.05. The van der Waals surface area contributed by atoms with E-state index in [1.54, 1.807) is 12.1 Å². The van der Waals surface area contributed by atoms with Gasteiger partial charge in [0, 0.05) is 6.20 Å². The average molecular weight is 215 g/mol. The van der Waals surface area contributed by atoms with Crippen molar-refractivity contribution < 1.29 is 4.39 Å². The lowest BCUT2D eigenvalue weighted by Gasteiger charge is -2.04. The molecule has 2 aromatic rings. The van der Waals surface area contributed by atoms with Crippen molar-refractivity contribution in [2.45, 2.75) is 0 Å². The molecule has 0 saturated carbocycles. The maximum absolute atomic E-state index is 12.6. The van der Waals surface area contributed by atoms with Crippen LogP contribution in [0.4, 0.5) is 4.39 Å². The van der Waals surface area contributed by atoms with Gasteiger partial charge in [0.05, 0.1) is 11.9 Å². The minimum Gasteiger partial charge on any atom is -0.282 e. The van der Waals surface area contributed by atoms with Crippen molar-refractivity contribution in [3.05, 3.63) is 58.5 Å². The van der Waals surface area contributed by atoms with E-state index in [2.05, 4.69) is 4.98 Å². The van der Waals surface area contributed by atoms with Crippen LogP contribution in [0.3, 0.4) is 0 Å². The lowest BCUT2D eigenvalue weighted by molar-refractivity contribution is 0.583. The van der Waals surface area contributed by atoms with E-state index in [1.807, 2.05) is 0 Å². The highest BCUT2D eigenvalue weighted by molar-refractivity contribution is 5.33. The zero-order valence-electron chi connectivity index (χ0n) is 8.09. The largest absolute Gasteiger partial charge is 0.282 e. The number of hydrogen-bond donors (Lipinski definition) is 0. The SMILES string of the molecule is N#Cc1cccn(-c2ccc(F)nc2)c1=O. The number of halogens is 1. The summed E-state index contributed by atoms with van der Waals surface area (Å²) in [5, 5.41) is 8.69. The fourth-order valence-electron chi connectivity index (χ4n) is 1.29. The molecule has 0 bridgehead atoms. The molecule has 0 aliphatic rings. The Labute approximate surface area is 90.2 Å². The maximum Gasteiger partial charge on any atom is 0.273 e. The van der Waals surface area contributed by atoms with Gasteiger partial charge in [0.25, 0.3) is 5.56 Å². The quantitative estimate of drug-likeness (QED) is 0.672. The number of nitriles is 1. The van der Waals surface area contributed by atoms with Crippen LogP contribution >= 0.6 is 0 Å². The fourth-order valence-corrected chi connectivity index (χ4v) is 1.29. The topological polar surface area (TPSA) is 58.7 Å². The van der Waals surface area contributed by atoms with Crippen molar-refractivity contribution in [2.24, 2.45) is 0 Å². The van der Waals surface area contributed by atoms with Crippen LogP contribution in [0.5, 0.6) is 0 Å². The highest BCUT2D eigenvalue weighted by atomic mass is 19.1. The van der Waals surface area contributed by atoms with Crippen molar-refractivity contribution in [2.75, 3.05) is 0 Å². The Balaban J connectivity index is 2.62. The molecule has 0 amide bonds. The van der Waals surface area contributed by atoms with Crippen LogP contribution in [0.1, 0.15) is 5.56 Å². The molecule has 0 radical (unpaired) electrons. The van der Waals surface area contributed by atoms with E-state index in [9.17, 15) is 9.18 Å². The number of nitrogens with zero attached hydrogens (tertiary/aromatic N) is 3. The van der Waals surface area contributed by atoms with Gasteiger partial charge >= 0.3 is 0 Å². The Morgan fingerprint density at radius 3 is 2.81 bits per heavy atom. The number of hydrogen-bond acceptors (Lipinski definition) is 3. The fraction of sp³-hybridized carbons (Fsp3) is 0. The van der Waals surface area contributed by atoms with E-state index >= 15 is 0 Å². The van der Waals surface area contributed by atoms with Gasteiger partial charge in [-0.05, 0) is 24.3 Å². The third-order valence-corrected chi connectivity index (χ3v) is 2.06. The molecule has 2 heterocycles. The highest BCUT2D eigenvalue weighted by Gasteiger charge is 2.04. The monoisotopic (exact) mass is 215 g/mol. The van der Waals surface area contributed by atoms with E-state index in [0.717, 1.165) is 6.07 Å². The van der Waals surface area contributed by atoms with Gasteiger partial charge in [-0.25, -0.2) is 4.98 Å². The molecule has 0 spiro atoms. The minimum atomic E-state index is -0.617.